The van der Waals surface area contributed by atoms with Gasteiger partial charge in [0.2, 0.25) is 11.8 Å². The first-order valence-electron chi connectivity index (χ1n) is 10.6. The number of nitrogens with one attached hydrogen (secondary N) is 3. The van der Waals surface area contributed by atoms with Crippen LogP contribution in [-0.2, 0) is 16.1 Å². The number of carbonyl (C=O) groups excluding carboxylic acids is 3. The molecule has 0 bridgehead atoms. The number of fused-ring (bicyclic) bond motifs is 1. The lowest BCUT2D eigenvalue weighted by Crippen LogP contribution is -2.56. The van der Waals surface area contributed by atoms with Gasteiger partial charge in [-0.05, 0) is 43.5 Å². The van der Waals surface area contributed by atoms with Gasteiger partial charge in [0.15, 0.2) is 0 Å². The molecule has 1 unspecified atom stereocenters. The predicted molar refractivity (Wildman–Crippen MR) is 121 cm³/mol. The van der Waals surface area contributed by atoms with Gasteiger partial charge < -0.3 is 25.4 Å². The molecule has 0 aliphatic carbocycles. The number of hydrogen-bond acceptors (Lipinski definition) is 3. The minimum atomic E-state index is -0.522. The Balaban J connectivity index is 1.56. The van der Waals surface area contributed by atoms with Crippen LogP contribution in [-0.4, -0.2) is 64.9 Å². The van der Waals surface area contributed by atoms with Crippen molar-refractivity contribution in [2.24, 2.45) is 0 Å². The minimum absolute atomic E-state index is 0.0749. The maximum Gasteiger partial charge on any atom is 0.317 e. The van der Waals surface area contributed by atoms with Gasteiger partial charge in [-0.3, -0.25) is 9.59 Å². The maximum absolute atomic E-state index is 12.8. The molecule has 2 atom stereocenters. The molecule has 1 aromatic carbocycles. The van der Waals surface area contributed by atoms with E-state index in [-0.39, 0.29) is 23.9 Å². The van der Waals surface area contributed by atoms with E-state index in [0.717, 1.165) is 29.4 Å². The lowest BCUT2D eigenvalue weighted by molar-refractivity contribution is -0.137. The van der Waals surface area contributed by atoms with Gasteiger partial charge in [0.05, 0.1) is 12.6 Å². The van der Waals surface area contributed by atoms with Crippen LogP contribution in [0.3, 0.4) is 0 Å². The van der Waals surface area contributed by atoms with Gasteiger partial charge in [0.25, 0.3) is 0 Å². The van der Waals surface area contributed by atoms with Gasteiger partial charge in [-0.2, -0.15) is 0 Å². The molecule has 168 valence electrons. The van der Waals surface area contributed by atoms with Crippen molar-refractivity contribution in [1.29, 1.82) is 0 Å². The highest BCUT2D eigenvalue weighted by Crippen LogP contribution is 2.20. The number of nitrogens with zero attached hydrogens (tertiary/aromatic N) is 2. The van der Waals surface area contributed by atoms with Crippen molar-refractivity contribution >= 4 is 40.3 Å². The van der Waals surface area contributed by atoms with E-state index in [4.69, 9.17) is 11.6 Å². The van der Waals surface area contributed by atoms with Crippen LogP contribution in [0.15, 0.2) is 24.3 Å². The van der Waals surface area contributed by atoms with Gasteiger partial charge >= 0.3 is 6.03 Å². The second-order valence-corrected chi connectivity index (χ2v) is 8.47. The van der Waals surface area contributed by atoms with E-state index in [1.165, 1.54) is 6.92 Å². The summed E-state index contributed by atoms with van der Waals surface area (Å²) in [6.45, 7) is 4.75. The number of carbonyl (C=O) groups is 3. The zero-order chi connectivity index (χ0) is 22.5. The number of aromatic nitrogens is 1. The third kappa shape index (κ3) is 5.70. The molecule has 3 rings (SSSR count). The fourth-order valence-corrected chi connectivity index (χ4v) is 4.18. The number of benzene rings is 1. The van der Waals surface area contributed by atoms with Crippen molar-refractivity contribution in [2.75, 3.05) is 20.1 Å². The number of aromatic amines is 1. The van der Waals surface area contributed by atoms with Crippen LogP contribution >= 0.6 is 11.6 Å². The summed E-state index contributed by atoms with van der Waals surface area (Å²) in [5.74, 6) is -0.308. The Bertz CT molecular complexity index is 960. The van der Waals surface area contributed by atoms with E-state index >= 15 is 0 Å². The first kappa shape index (κ1) is 22.9. The minimum Gasteiger partial charge on any atom is -0.357 e. The lowest BCUT2D eigenvalue weighted by atomic mass is 10.0. The van der Waals surface area contributed by atoms with Crippen molar-refractivity contribution in [3.63, 3.8) is 0 Å². The Kier molecular flexibility index (Phi) is 7.43. The summed E-state index contributed by atoms with van der Waals surface area (Å²) < 4.78 is 0. The second-order valence-electron chi connectivity index (χ2n) is 8.04. The fraction of sp³-hybridized carbons (Fsp3) is 0.500. The highest BCUT2D eigenvalue weighted by atomic mass is 35.5. The summed E-state index contributed by atoms with van der Waals surface area (Å²) in [7, 11) is 1.75. The van der Waals surface area contributed by atoms with Crippen molar-refractivity contribution < 1.29 is 14.4 Å². The van der Waals surface area contributed by atoms with E-state index in [1.54, 1.807) is 16.8 Å². The number of halogens is 1. The molecular formula is C22H30ClN5O3. The van der Waals surface area contributed by atoms with E-state index in [1.807, 2.05) is 31.2 Å². The Labute approximate surface area is 187 Å². The van der Waals surface area contributed by atoms with Crippen LogP contribution in [0.25, 0.3) is 10.9 Å². The van der Waals surface area contributed by atoms with Gasteiger partial charge in [0.1, 0.15) is 6.04 Å². The van der Waals surface area contributed by atoms with Crippen LogP contribution in [0.4, 0.5) is 4.79 Å². The summed E-state index contributed by atoms with van der Waals surface area (Å²) in [4.78, 5) is 43.6. The van der Waals surface area contributed by atoms with Crippen LogP contribution in [0, 0.1) is 0 Å². The second kappa shape index (κ2) is 10.0. The molecule has 9 heteroatoms. The number of likely N-dealkylation sites (N-methyl/N-ethyl adjacent to an activating group) is 1. The van der Waals surface area contributed by atoms with E-state index in [2.05, 4.69) is 15.6 Å². The number of piperidine rings is 1. The van der Waals surface area contributed by atoms with Gasteiger partial charge in [-0.15, -0.1) is 0 Å². The fourth-order valence-electron chi connectivity index (χ4n) is 4.00. The van der Waals surface area contributed by atoms with Crippen molar-refractivity contribution in [3.8, 4) is 0 Å². The van der Waals surface area contributed by atoms with Crippen LogP contribution in [0.2, 0.25) is 5.02 Å². The molecule has 1 saturated heterocycles. The van der Waals surface area contributed by atoms with Gasteiger partial charge in [-0.1, -0.05) is 18.5 Å². The highest BCUT2D eigenvalue weighted by Gasteiger charge is 2.31. The molecule has 0 saturated carbocycles. The van der Waals surface area contributed by atoms with Crippen molar-refractivity contribution in [1.82, 2.24) is 25.4 Å². The largest absolute Gasteiger partial charge is 0.357 e. The molecule has 3 N–H and O–H groups in total. The van der Waals surface area contributed by atoms with E-state index in [9.17, 15) is 14.4 Å². The number of likely N-dealkylation sites (tertiary alicyclic amines) is 1. The van der Waals surface area contributed by atoms with Gasteiger partial charge in [-0.25, -0.2) is 4.79 Å². The first-order chi connectivity index (χ1) is 14.8. The quantitative estimate of drug-likeness (QED) is 0.635. The molecule has 1 aliphatic heterocycles. The van der Waals surface area contributed by atoms with Crippen LogP contribution < -0.4 is 10.6 Å². The zero-order valence-electron chi connectivity index (χ0n) is 18.2. The molecule has 4 amide bonds. The molecule has 0 radical (unpaired) electrons. The number of urea groups is 1. The molecule has 31 heavy (non-hydrogen) atoms. The number of rotatable bonds is 6. The molecule has 1 fully saturated rings. The zero-order valence-corrected chi connectivity index (χ0v) is 19.0. The van der Waals surface area contributed by atoms with Crippen molar-refractivity contribution in [2.45, 2.75) is 51.7 Å². The molecule has 8 nitrogen and oxygen atoms in total. The first-order valence-corrected chi connectivity index (χ1v) is 11.0. The number of hydrogen-bond donors (Lipinski definition) is 3. The van der Waals surface area contributed by atoms with Crippen LogP contribution in [0.1, 0.15) is 38.8 Å². The van der Waals surface area contributed by atoms with E-state index in [0.29, 0.717) is 31.1 Å². The summed E-state index contributed by atoms with van der Waals surface area (Å²) in [6.07, 6.45) is 2.18. The molecule has 1 aromatic heterocycles. The summed E-state index contributed by atoms with van der Waals surface area (Å²) in [6, 6.07) is 6.79. The standard InChI is InChI=1S/C22H30ClN5O3/c1-4-19(25-14(2)29)21(30)28-9-5-6-18(13-28)27(3)22(31)24-12-17-11-15-10-16(23)7-8-20(15)26-17/h7-8,10-11,18-19,26H,4-6,9,12-13H2,1-3H3,(H,24,31)(H,25,29)/t18-,19?/m1/s1. The Morgan fingerprint density at radius 1 is 1.32 bits per heavy atom. The summed E-state index contributed by atoms with van der Waals surface area (Å²) >= 11 is 6.03. The normalized spacial score (nSPS) is 17.3. The average Bonchev–Trinajstić information content (AvgIpc) is 3.16. The molecule has 1 aliphatic rings. The van der Waals surface area contributed by atoms with Gasteiger partial charge in [0, 0.05) is 48.7 Å². The topological polar surface area (TPSA) is 97.5 Å². The SMILES string of the molecule is CCC(NC(C)=O)C(=O)N1CCC[C@@H](N(C)C(=O)NCc2cc3cc(Cl)ccc3[nH]2)C1. The third-order valence-electron chi connectivity index (χ3n) is 5.73. The van der Waals surface area contributed by atoms with Crippen molar-refractivity contribution in [3.05, 3.63) is 35.0 Å². The third-order valence-corrected chi connectivity index (χ3v) is 5.96. The number of H-pyrrole nitrogens is 1. The smallest absolute Gasteiger partial charge is 0.317 e. The monoisotopic (exact) mass is 447 g/mol. The highest BCUT2D eigenvalue weighted by molar-refractivity contribution is 6.31. The molecule has 2 aromatic rings. The predicted octanol–water partition coefficient (Wildman–Crippen LogP) is 2.87. The summed E-state index contributed by atoms with van der Waals surface area (Å²) in [5.41, 5.74) is 1.86. The number of amides is 4. The van der Waals surface area contributed by atoms with E-state index < -0.39 is 6.04 Å². The molecule has 0 spiro atoms. The summed E-state index contributed by atoms with van der Waals surface area (Å²) in [5, 5.41) is 7.31. The van der Waals surface area contributed by atoms with Crippen LogP contribution in [0.5, 0.6) is 0 Å². The Morgan fingerprint density at radius 2 is 2.10 bits per heavy atom. The molecule has 2 heterocycles. The Morgan fingerprint density at radius 3 is 2.81 bits per heavy atom. The average molecular weight is 448 g/mol. The molecular weight excluding hydrogens is 418 g/mol. The lowest BCUT2D eigenvalue weighted by Gasteiger charge is -2.38. The Hall–Kier alpha value is -2.74. The maximum atomic E-state index is 12.8.